The second-order valence-corrected chi connectivity index (χ2v) is 4.48. The van der Waals surface area contributed by atoms with Crippen LogP contribution in [0.15, 0.2) is 36.4 Å². The molecule has 0 aliphatic carbocycles. The van der Waals surface area contributed by atoms with E-state index >= 15 is 0 Å². The average molecular weight is 318 g/mol. The fourth-order valence-corrected chi connectivity index (χ4v) is 1.84. The maximum Gasteiger partial charge on any atom is 0.419 e. The Bertz CT molecular complexity index is 615. The van der Waals surface area contributed by atoms with Crippen LogP contribution in [-0.2, 0) is 12.8 Å². The summed E-state index contributed by atoms with van der Waals surface area (Å²) in [5.41, 5.74) is -0.158. The van der Waals surface area contributed by atoms with Crippen molar-refractivity contribution in [3.8, 4) is 11.6 Å². The van der Waals surface area contributed by atoms with Crippen LogP contribution in [0.3, 0.4) is 0 Å². The van der Waals surface area contributed by atoms with Crippen LogP contribution >= 0.6 is 11.6 Å². The number of nitrogens with zero attached hydrogens (tertiary/aromatic N) is 1. The summed E-state index contributed by atoms with van der Waals surface area (Å²) in [5, 5.41) is -0.630. The van der Waals surface area contributed by atoms with Crippen molar-refractivity contribution in [1.82, 2.24) is 4.98 Å². The summed E-state index contributed by atoms with van der Waals surface area (Å²) in [6.45, 7) is 0.165. The molecule has 2 rings (SSSR count). The summed E-state index contributed by atoms with van der Waals surface area (Å²) in [4.78, 5) is 3.59. The molecular weight excluding hydrogens is 307 g/mol. The molecule has 0 radical (unpaired) electrons. The van der Waals surface area contributed by atoms with Gasteiger partial charge in [0.15, 0.2) is 0 Å². The van der Waals surface area contributed by atoms with Gasteiger partial charge >= 0.3 is 6.18 Å². The van der Waals surface area contributed by atoms with E-state index in [-0.39, 0.29) is 12.5 Å². The number of alkyl halides is 3. The van der Waals surface area contributed by atoms with E-state index < -0.39 is 16.9 Å². The highest BCUT2D eigenvalue weighted by atomic mass is 35.5. The van der Waals surface area contributed by atoms with Crippen LogP contribution in [0.1, 0.15) is 11.1 Å². The third-order valence-corrected chi connectivity index (χ3v) is 2.96. The first-order chi connectivity index (χ1) is 9.90. The summed E-state index contributed by atoms with van der Waals surface area (Å²) < 4.78 is 47.9. The molecule has 112 valence electrons. The molecule has 7 heteroatoms. The zero-order valence-corrected chi connectivity index (χ0v) is 11.7. The summed E-state index contributed by atoms with van der Waals surface area (Å²) in [6, 6.07) is 9.06. The van der Waals surface area contributed by atoms with Gasteiger partial charge in [0.2, 0.25) is 5.88 Å². The highest BCUT2D eigenvalue weighted by molar-refractivity contribution is 6.30. The van der Waals surface area contributed by atoms with E-state index in [1.165, 1.54) is 0 Å². The number of benzene rings is 1. The molecule has 1 aromatic heterocycles. The van der Waals surface area contributed by atoms with Crippen molar-refractivity contribution in [2.45, 2.75) is 12.8 Å². The normalized spacial score (nSPS) is 11.3. The number of pyridine rings is 1. The standard InChI is InChI=1S/C14H11ClF3NO2/c1-20-10-4-2-9(3-5-10)8-21-12-7-6-11(13(15)19-12)14(16,17)18/h2-7H,8H2,1H3. The Morgan fingerprint density at radius 2 is 1.76 bits per heavy atom. The molecule has 0 atom stereocenters. The quantitative estimate of drug-likeness (QED) is 0.786. The number of hydrogen-bond acceptors (Lipinski definition) is 3. The highest BCUT2D eigenvalue weighted by Crippen LogP contribution is 2.34. The lowest BCUT2D eigenvalue weighted by molar-refractivity contribution is -0.137. The van der Waals surface area contributed by atoms with E-state index in [1.807, 2.05) is 0 Å². The smallest absolute Gasteiger partial charge is 0.419 e. The van der Waals surface area contributed by atoms with Crippen molar-refractivity contribution < 1.29 is 22.6 Å². The maximum absolute atomic E-state index is 12.5. The molecule has 1 heterocycles. The Hall–Kier alpha value is -1.95. The van der Waals surface area contributed by atoms with Gasteiger partial charge in [-0.15, -0.1) is 0 Å². The van der Waals surface area contributed by atoms with Gasteiger partial charge in [0.05, 0.1) is 12.7 Å². The maximum atomic E-state index is 12.5. The fraction of sp³-hybridized carbons (Fsp3) is 0.214. The van der Waals surface area contributed by atoms with E-state index in [9.17, 15) is 13.2 Å². The lowest BCUT2D eigenvalue weighted by atomic mass is 10.2. The third-order valence-electron chi connectivity index (χ3n) is 2.67. The van der Waals surface area contributed by atoms with Gasteiger partial charge in [-0.2, -0.15) is 13.2 Å². The Labute approximate surface area is 124 Å². The molecule has 2 aromatic rings. The van der Waals surface area contributed by atoms with Crippen LogP contribution in [0.2, 0.25) is 5.15 Å². The first kappa shape index (κ1) is 15.4. The second-order valence-electron chi connectivity index (χ2n) is 4.12. The molecule has 0 fully saturated rings. The van der Waals surface area contributed by atoms with E-state index in [0.717, 1.165) is 17.7 Å². The highest BCUT2D eigenvalue weighted by Gasteiger charge is 2.34. The van der Waals surface area contributed by atoms with Gasteiger partial charge in [-0.25, -0.2) is 4.98 Å². The average Bonchev–Trinajstić information content (AvgIpc) is 2.44. The molecule has 0 bridgehead atoms. The van der Waals surface area contributed by atoms with Crippen molar-refractivity contribution in [2.24, 2.45) is 0 Å². The number of halogens is 4. The number of hydrogen-bond donors (Lipinski definition) is 0. The number of rotatable bonds is 4. The van der Waals surface area contributed by atoms with Crippen LogP contribution < -0.4 is 9.47 Å². The minimum Gasteiger partial charge on any atom is -0.497 e. The number of aromatic nitrogens is 1. The Morgan fingerprint density at radius 3 is 2.29 bits per heavy atom. The van der Waals surface area contributed by atoms with Crippen molar-refractivity contribution in [3.05, 3.63) is 52.7 Å². The third kappa shape index (κ3) is 4.01. The van der Waals surface area contributed by atoms with Gasteiger partial charge in [0.25, 0.3) is 0 Å². The molecule has 0 spiro atoms. The fourth-order valence-electron chi connectivity index (χ4n) is 1.59. The summed E-state index contributed by atoms with van der Waals surface area (Å²) in [7, 11) is 1.56. The Balaban J connectivity index is 2.05. The lowest BCUT2D eigenvalue weighted by Gasteiger charge is -2.10. The zero-order valence-electron chi connectivity index (χ0n) is 10.9. The second kappa shape index (κ2) is 6.22. The van der Waals surface area contributed by atoms with Gasteiger partial charge < -0.3 is 9.47 Å². The molecule has 1 aromatic carbocycles. The Morgan fingerprint density at radius 1 is 1.10 bits per heavy atom. The largest absolute Gasteiger partial charge is 0.497 e. The van der Waals surface area contributed by atoms with Crippen molar-refractivity contribution >= 4 is 11.6 Å². The monoisotopic (exact) mass is 317 g/mol. The van der Waals surface area contributed by atoms with Gasteiger partial charge in [-0.3, -0.25) is 0 Å². The molecule has 21 heavy (non-hydrogen) atoms. The van der Waals surface area contributed by atoms with Crippen LogP contribution in [0.5, 0.6) is 11.6 Å². The molecule has 3 nitrogen and oxygen atoms in total. The van der Waals surface area contributed by atoms with Gasteiger partial charge in [-0.1, -0.05) is 23.7 Å². The van der Waals surface area contributed by atoms with E-state index in [4.69, 9.17) is 21.1 Å². The van der Waals surface area contributed by atoms with Crippen molar-refractivity contribution in [1.29, 1.82) is 0 Å². The SMILES string of the molecule is COc1ccc(COc2ccc(C(F)(F)F)c(Cl)n2)cc1. The minimum atomic E-state index is -4.53. The summed E-state index contributed by atoms with van der Waals surface area (Å²) in [6.07, 6.45) is -4.53. The predicted octanol–water partition coefficient (Wildman–Crippen LogP) is 4.34. The zero-order chi connectivity index (χ0) is 15.5. The molecule has 0 saturated carbocycles. The van der Waals surface area contributed by atoms with Crippen LogP contribution in [-0.4, -0.2) is 12.1 Å². The molecule has 0 amide bonds. The van der Waals surface area contributed by atoms with E-state index in [2.05, 4.69) is 4.98 Å². The first-order valence-corrected chi connectivity index (χ1v) is 6.27. The van der Waals surface area contributed by atoms with Gasteiger partial charge in [-0.05, 0) is 23.8 Å². The molecule has 0 aliphatic heterocycles. The summed E-state index contributed by atoms with van der Waals surface area (Å²) >= 11 is 5.51. The van der Waals surface area contributed by atoms with Crippen LogP contribution in [0, 0.1) is 0 Å². The molecule has 0 unspecified atom stereocenters. The number of methoxy groups -OCH3 is 1. The van der Waals surface area contributed by atoms with Crippen LogP contribution in [0.25, 0.3) is 0 Å². The molecule has 0 aliphatic rings. The van der Waals surface area contributed by atoms with Gasteiger partial charge in [0.1, 0.15) is 17.5 Å². The van der Waals surface area contributed by atoms with Gasteiger partial charge in [0, 0.05) is 6.07 Å². The van der Waals surface area contributed by atoms with Crippen molar-refractivity contribution in [3.63, 3.8) is 0 Å². The van der Waals surface area contributed by atoms with Crippen LogP contribution in [0.4, 0.5) is 13.2 Å². The lowest BCUT2D eigenvalue weighted by Crippen LogP contribution is -2.07. The Kier molecular flexibility index (Phi) is 4.57. The number of ether oxygens (including phenoxy) is 2. The molecule has 0 N–H and O–H groups in total. The van der Waals surface area contributed by atoms with Crippen molar-refractivity contribution in [2.75, 3.05) is 7.11 Å². The predicted molar refractivity (Wildman–Crippen MR) is 71.6 cm³/mol. The molecular formula is C14H11ClF3NO2. The molecule has 0 saturated heterocycles. The first-order valence-electron chi connectivity index (χ1n) is 5.89. The minimum absolute atomic E-state index is 0.0313. The summed E-state index contributed by atoms with van der Waals surface area (Å²) in [5.74, 6) is 0.735. The van der Waals surface area contributed by atoms with E-state index in [1.54, 1.807) is 31.4 Å². The topological polar surface area (TPSA) is 31.4 Å². The van der Waals surface area contributed by atoms with E-state index in [0.29, 0.717) is 5.75 Å².